The predicted molar refractivity (Wildman–Crippen MR) is 91.5 cm³/mol. The van der Waals surface area contributed by atoms with Gasteiger partial charge in [0.25, 0.3) is 11.5 Å². The van der Waals surface area contributed by atoms with Gasteiger partial charge in [-0.1, -0.05) is 0 Å². The molecule has 2 N–H and O–H groups in total. The molecular weight excluding hydrogens is 348 g/mol. The molecule has 2 aromatic heterocycles. The van der Waals surface area contributed by atoms with E-state index < -0.39 is 24.5 Å². The number of esters is 1. The van der Waals surface area contributed by atoms with Crippen molar-refractivity contribution in [3.63, 3.8) is 0 Å². The van der Waals surface area contributed by atoms with Gasteiger partial charge in [-0.25, -0.2) is 9.78 Å². The normalized spacial score (nSPS) is 10.5. The van der Waals surface area contributed by atoms with Crippen LogP contribution in [-0.2, 0) is 20.9 Å². The van der Waals surface area contributed by atoms with Crippen LogP contribution in [-0.4, -0.2) is 40.6 Å². The van der Waals surface area contributed by atoms with Crippen LogP contribution in [0.5, 0.6) is 0 Å². The number of hydrogen-bond donors (Lipinski definition) is 2. The molecule has 0 spiro atoms. The Balaban J connectivity index is 1.99. The lowest BCUT2D eigenvalue weighted by Crippen LogP contribution is -2.41. The second-order valence-electron chi connectivity index (χ2n) is 5.21. The number of aryl methyl sites for hydroxylation is 2. The van der Waals surface area contributed by atoms with Gasteiger partial charge in [-0.2, -0.15) is 0 Å². The SMILES string of the molecule is CCNC(=O)NC(=O)COC(=O)Cn1cnc2sc(C)c(C)c2c1=O. The molecule has 0 unspecified atom stereocenters. The number of amides is 3. The first kappa shape index (κ1) is 18.6. The van der Waals surface area contributed by atoms with E-state index in [9.17, 15) is 19.2 Å². The first-order valence-corrected chi connectivity index (χ1v) is 8.33. The van der Waals surface area contributed by atoms with Crippen LogP contribution in [0.3, 0.4) is 0 Å². The van der Waals surface area contributed by atoms with E-state index in [1.165, 1.54) is 17.7 Å². The summed E-state index contributed by atoms with van der Waals surface area (Å²) in [4.78, 5) is 52.6. The first-order chi connectivity index (χ1) is 11.8. The number of carbonyl (C=O) groups excluding carboxylic acids is 3. The third kappa shape index (κ3) is 4.41. The lowest BCUT2D eigenvalue weighted by Gasteiger charge is -2.07. The summed E-state index contributed by atoms with van der Waals surface area (Å²) in [5.41, 5.74) is 0.497. The Morgan fingerprint density at radius 3 is 2.72 bits per heavy atom. The highest BCUT2D eigenvalue weighted by molar-refractivity contribution is 7.18. The fourth-order valence-corrected chi connectivity index (χ4v) is 3.07. The number of ether oxygens (including phenoxy) is 1. The van der Waals surface area contributed by atoms with Gasteiger partial charge >= 0.3 is 12.0 Å². The van der Waals surface area contributed by atoms with E-state index in [2.05, 4.69) is 10.3 Å². The van der Waals surface area contributed by atoms with Gasteiger partial charge in [0.2, 0.25) is 0 Å². The molecule has 2 rings (SSSR count). The van der Waals surface area contributed by atoms with Gasteiger partial charge in [0.15, 0.2) is 6.61 Å². The highest BCUT2D eigenvalue weighted by Gasteiger charge is 2.15. The monoisotopic (exact) mass is 366 g/mol. The summed E-state index contributed by atoms with van der Waals surface area (Å²) in [6.45, 7) is 4.79. The number of nitrogens with zero attached hydrogens (tertiary/aromatic N) is 2. The average Bonchev–Trinajstić information content (AvgIpc) is 2.84. The highest BCUT2D eigenvalue weighted by atomic mass is 32.1. The van der Waals surface area contributed by atoms with E-state index in [0.29, 0.717) is 16.8 Å². The van der Waals surface area contributed by atoms with Crippen LogP contribution in [0.1, 0.15) is 17.4 Å². The van der Waals surface area contributed by atoms with E-state index in [-0.39, 0.29) is 12.1 Å². The van der Waals surface area contributed by atoms with Crippen molar-refractivity contribution in [2.24, 2.45) is 0 Å². The van der Waals surface area contributed by atoms with Gasteiger partial charge in [0, 0.05) is 11.4 Å². The molecule has 3 amide bonds. The second-order valence-corrected chi connectivity index (χ2v) is 6.41. The maximum absolute atomic E-state index is 12.4. The zero-order valence-corrected chi connectivity index (χ0v) is 14.9. The maximum Gasteiger partial charge on any atom is 0.326 e. The maximum atomic E-state index is 12.4. The molecule has 25 heavy (non-hydrogen) atoms. The van der Waals surface area contributed by atoms with Crippen molar-refractivity contribution in [3.8, 4) is 0 Å². The van der Waals surface area contributed by atoms with Crippen LogP contribution in [0.2, 0.25) is 0 Å². The number of hydrogen-bond acceptors (Lipinski definition) is 7. The number of carbonyl (C=O) groups is 3. The summed E-state index contributed by atoms with van der Waals surface area (Å²) in [5.74, 6) is -1.54. The molecule has 0 bridgehead atoms. The highest BCUT2D eigenvalue weighted by Crippen LogP contribution is 2.25. The molecule has 134 valence electrons. The van der Waals surface area contributed by atoms with Crippen molar-refractivity contribution in [2.45, 2.75) is 27.3 Å². The van der Waals surface area contributed by atoms with Gasteiger partial charge in [-0.15, -0.1) is 11.3 Å². The van der Waals surface area contributed by atoms with Crippen molar-refractivity contribution in [1.82, 2.24) is 20.2 Å². The molecular formula is C15H18N4O5S. The molecule has 9 nitrogen and oxygen atoms in total. The van der Waals surface area contributed by atoms with E-state index in [1.54, 1.807) is 6.92 Å². The lowest BCUT2D eigenvalue weighted by molar-refractivity contribution is -0.148. The molecule has 0 aliphatic rings. The average molecular weight is 366 g/mol. The molecule has 0 aromatic carbocycles. The fourth-order valence-electron chi connectivity index (χ4n) is 2.08. The number of fused-ring (bicyclic) bond motifs is 1. The third-order valence-corrected chi connectivity index (χ3v) is 4.53. The number of rotatable bonds is 5. The van der Waals surface area contributed by atoms with Crippen LogP contribution in [0, 0.1) is 13.8 Å². The lowest BCUT2D eigenvalue weighted by atomic mass is 10.2. The predicted octanol–water partition coefficient (Wildman–Crippen LogP) is 0.464. The van der Waals surface area contributed by atoms with Gasteiger partial charge in [0.05, 0.1) is 11.7 Å². The van der Waals surface area contributed by atoms with Gasteiger partial charge < -0.3 is 10.1 Å². The molecule has 2 heterocycles. The Kier molecular flexibility index (Phi) is 5.86. The van der Waals surface area contributed by atoms with Gasteiger partial charge in [0.1, 0.15) is 11.4 Å². The second kappa shape index (κ2) is 7.88. The smallest absolute Gasteiger partial charge is 0.326 e. The van der Waals surface area contributed by atoms with Crippen LogP contribution < -0.4 is 16.2 Å². The molecule has 0 saturated carbocycles. The molecule has 2 aromatic rings. The fraction of sp³-hybridized carbons (Fsp3) is 0.400. The zero-order chi connectivity index (χ0) is 18.6. The summed E-state index contributed by atoms with van der Waals surface area (Å²) in [6.07, 6.45) is 1.27. The van der Waals surface area contributed by atoms with Crippen molar-refractivity contribution >= 4 is 39.5 Å². The molecule has 0 fully saturated rings. The number of urea groups is 1. The third-order valence-electron chi connectivity index (χ3n) is 3.41. The first-order valence-electron chi connectivity index (χ1n) is 7.52. The number of nitrogens with one attached hydrogen (secondary N) is 2. The molecule has 0 radical (unpaired) electrons. The van der Waals surface area contributed by atoms with Crippen LogP contribution >= 0.6 is 11.3 Å². The molecule has 10 heteroatoms. The largest absolute Gasteiger partial charge is 0.454 e. The van der Waals surface area contributed by atoms with Crippen LogP contribution in [0.4, 0.5) is 4.79 Å². The van der Waals surface area contributed by atoms with Crippen molar-refractivity contribution in [1.29, 1.82) is 0 Å². The van der Waals surface area contributed by atoms with E-state index in [4.69, 9.17) is 4.74 Å². The topological polar surface area (TPSA) is 119 Å². The number of imide groups is 1. The molecule has 0 atom stereocenters. The minimum absolute atomic E-state index is 0.337. The molecule has 0 saturated heterocycles. The van der Waals surface area contributed by atoms with Gasteiger partial charge in [-0.3, -0.25) is 24.3 Å². The summed E-state index contributed by atoms with van der Waals surface area (Å²) in [7, 11) is 0. The van der Waals surface area contributed by atoms with E-state index in [0.717, 1.165) is 15.0 Å². The Bertz CT molecular complexity index is 886. The van der Waals surface area contributed by atoms with Crippen molar-refractivity contribution in [3.05, 3.63) is 27.1 Å². The Hall–Kier alpha value is -2.75. The Morgan fingerprint density at radius 2 is 2.04 bits per heavy atom. The van der Waals surface area contributed by atoms with E-state index >= 15 is 0 Å². The standard InChI is InChI=1S/C15H18N4O5S/c1-4-16-15(23)18-10(20)6-24-11(21)5-19-7-17-13-12(14(19)22)8(2)9(3)25-13/h7H,4-6H2,1-3H3,(H2,16,18,20,23). The Labute approximate surface area is 147 Å². The van der Waals surface area contributed by atoms with Crippen molar-refractivity contribution < 1.29 is 19.1 Å². The summed E-state index contributed by atoms with van der Waals surface area (Å²) >= 11 is 1.41. The zero-order valence-electron chi connectivity index (χ0n) is 14.0. The summed E-state index contributed by atoms with van der Waals surface area (Å²) in [5, 5.41) is 4.85. The molecule has 0 aliphatic carbocycles. The summed E-state index contributed by atoms with van der Waals surface area (Å²) in [6, 6.07) is -0.669. The van der Waals surface area contributed by atoms with Crippen LogP contribution in [0.15, 0.2) is 11.1 Å². The van der Waals surface area contributed by atoms with Crippen LogP contribution in [0.25, 0.3) is 10.2 Å². The van der Waals surface area contributed by atoms with E-state index in [1.807, 2.05) is 19.2 Å². The quantitative estimate of drug-likeness (QED) is 0.742. The number of aromatic nitrogens is 2. The minimum Gasteiger partial charge on any atom is -0.454 e. The van der Waals surface area contributed by atoms with Crippen molar-refractivity contribution in [2.75, 3.05) is 13.2 Å². The van der Waals surface area contributed by atoms with Gasteiger partial charge in [-0.05, 0) is 26.3 Å². The minimum atomic E-state index is -0.779. The summed E-state index contributed by atoms with van der Waals surface area (Å²) < 4.78 is 5.90. The Morgan fingerprint density at radius 1 is 1.32 bits per heavy atom. The number of thiophene rings is 1. The molecule has 0 aliphatic heterocycles.